The highest BCUT2D eigenvalue weighted by Crippen LogP contribution is 2.34. The van der Waals surface area contributed by atoms with Crippen LogP contribution in [-0.2, 0) is 0 Å². The molecule has 4 rings (SSSR count). The van der Waals surface area contributed by atoms with Crippen LogP contribution in [0.2, 0.25) is 10.0 Å². The molecule has 0 bridgehead atoms. The Morgan fingerprint density at radius 2 is 2.04 bits per heavy atom. The molecule has 2 heterocycles. The SMILES string of the molecule is O=C(Nc1ccc(Cl)cc1Cl)c1cnn2c1NC(=C1C=C1)C=C2C(F)F. The molecule has 26 heavy (non-hydrogen) atoms. The number of carbonyl (C=O) groups excluding carboxylic acids is 1. The van der Waals surface area contributed by atoms with Gasteiger partial charge < -0.3 is 10.6 Å². The molecule has 1 aliphatic carbocycles. The molecule has 0 fully saturated rings. The zero-order valence-electron chi connectivity index (χ0n) is 12.9. The molecule has 2 N–H and O–H groups in total. The average Bonchev–Trinajstić information content (AvgIpc) is 3.35. The molecule has 0 unspecified atom stereocenters. The number of hydrogen-bond acceptors (Lipinski definition) is 3. The zero-order chi connectivity index (χ0) is 18.4. The van der Waals surface area contributed by atoms with Crippen LogP contribution in [0.5, 0.6) is 0 Å². The zero-order valence-corrected chi connectivity index (χ0v) is 14.4. The fourth-order valence-electron chi connectivity index (χ4n) is 2.52. The van der Waals surface area contributed by atoms with E-state index in [1.54, 1.807) is 24.3 Å². The van der Waals surface area contributed by atoms with Crippen LogP contribution < -0.4 is 10.6 Å². The van der Waals surface area contributed by atoms with Crippen molar-refractivity contribution >= 4 is 46.3 Å². The Kier molecular flexibility index (Phi) is 4.05. The summed E-state index contributed by atoms with van der Waals surface area (Å²) in [6.07, 6.45) is 3.36. The largest absolute Gasteiger partial charge is 0.339 e. The van der Waals surface area contributed by atoms with Crippen molar-refractivity contribution in [1.29, 1.82) is 0 Å². The van der Waals surface area contributed by atoms with Gasteiger partial charge >= 0.3 is 0 Å². The Balaban J connectivity index is 1.68. The van der Waals surface area contributed by atoms with Crippen molar-refractivity contribution in [3.8, 4) is 0 Å². The van der Waals surface area contributed by atoms with Crippen molar-refractivity contribution in [2.75, 3.05) is 10.6 Å². The summed E-state index contributed by atoms with van der Waals surface area (Å²) in [5.74, 6) is -0.367. The summed E-state index contributed by atoms with van der Waals surface area (Å²) in [6.45, 7) is 0. The van der Waals surface area contributed by atoms with Crippen LogP contribution >= 0.6 is 23.2 Å². The molecule has 1 aromatic heterocycles. The van der Waals surface area contributed by atoms with Crippen LogP contribution in [0.4, 0.5) is 20.3 Å². The summed E-state index contributed by atoms with van der Waals surface area (Å²) < 4.78 is 27.8. The Hall–Kier alpha value is -2.64. The minimum atomic E-state index is -2.74. The number of alkyl halides is 2. The second-order valence-electron chi connectivity index (χ2n) is 5.59. The standard InChI is InChI=1S/C17H10Cl2F2N4O/c18-9-3-4-12(11(19)5-9)24-17(26)10-7-22-25-14(15(20)21)6-13(8-1-2-8)23-16(10)25/h1-7,15,23H,(H,24,26). The van der Waals surface area contributed by atoms with Gasteiger partial charge in [0.2, 0.25) is 0 Å². The Labute approximate surface area is 156 Å². The van der Waals surface area contributed by atoms with Gasteiger partial charge in [0.05, 0.1) is 16.9 Å². The van der Waals surface area contributed by atoms with Crippen LogP contribution in [0.3, 0.4) is 0 Å². The van der Waals surface area contributed by atoms with E-state index in [9.17, 15) is 13.6 Å². The van der Waals surface area contributed by atoms with Gasteiger partial charge in [-0.3, -0.25) is 4.79 Å². The second kappa shape index (κ2) is 6.26. The second-order valence-corrected chi connectivity index (χ2v) is 6.44. The molecule has 1 amide bonds. The monoisotopic (exact) mass is 394 g/mol. The Morgan fingerprint density at radius 1 is 1.27 bits per heavy atom. The highest BCUT2D eigenvalue weighted by atomic mass is 35.5. The third kappa shape index (κ3) is 3.00. The lowest BCUT2D eigenvalue weighted by atomic mass is 10.2. The molecule has 5 nitrogen and oxygen atoms in total. The first-order valence-corrected chi connectivity index (χ1v) is 8.23. The van der Waals surface area contributed by atoms with E-state index in [1.165, 1.54) is 18.3 Å². The maximum atomic E-state index is 13.4. The van der Waals surface area contributed by atoms with Crippen molar-refractivity contribution in [1.82, 2.24) is 9.78 Å². The number of aromatic nitrogens is 2. The predicted octanol–water partition coefficient (Wildman–Crippen LogP) is 4.80. The van der Waals surface area contributed by atoms with Crippen molar-refractivity contribution < 1.29 is 13.6 Å². The molecular weight excluding hydrogens is 385 g/mol. The van der Waals surface area contributed by atoms with Crippen LogP contribution in [0.15, 0.2) is 53.9 Å². The van der Waals surface area contributed by atoms with Crippen LogP contribution in [0, 0.1) is 0 Å². The van der Waals surface area contributed by atoms with Gasteiger partial charge in [-0.2, -0.15) is 5.10 Å². The summed E-state index contributed by atoms with van der Waals surface area (Å²) in [5.41, 5.74) is 1.44. The van der Waals surface area contributed by atoms with Gasteiger partial charge in [-0.15, -0.1) is 0 Å². The number of benzene rings is 1. The third-order valence-corrected chi connectivity index (χ3v) is 4.40. The Morgan fingerprint density at radius 3 is 2.69 bits per heavy atom. The van der Waals surface area contributed by atoms with E-state index in [2.05, 4.69) is 15.7 Å². The average molecular weight is 395 g/mol. The number of fused-ring (bicyclic) bond motifs is 1. The molecule has 132 valence electrons. The third-order valence-electron chi connectivity index (χ3n) is 3.85. The molecular formula is C17H10Cl2F2N4O. The van der Waals surface area contributed by atoms with Crippen molar-refractivity contribution in [3.05, 3.63) is 69.5 Å². The van der Waals surface area contributed by atoms with Gasteiger partial charge in [0.1, 0.15) is 17.1 Å². The minimum absolute atomic E-state index is 0.112. The fourth-order valence-corrected chi connectivity index (χ4v) is 2.97. The normalized spacial score (nSPS) is 14.9. The number of nitrogens with one attached hydrogen (secondary N) is 2. The van der Waals surface area contributed by atoms with Crippen LogP contribution in [0.1, 0.15) is 10.4 Å². The quantitative estimate of drug-likeness (QED) is 0.785. The molecule has 0 atom stereocenters. The molecule has 0 radical (unpaired) electrons. The summed E-state index contributed by atoms with van der Waals surface area (Å²) in [4.78, 5) is 12.6. The lowest BCUT2D eigenvalue weighted by Crippen LogP contribution is -2.20. The van der Waals surface area contributed by atoms with E-state index in [0.717, 1.165) is 10.3 Å². The number of anilines is 2. The van der Waals surface area contributed by atoms with E-state index in [0.29, 0.717) is 16.4 Å². The number of allylic oxidation sites excluding steroid dienone is 5. The summed E-state index contributed by atoms with van der Waals surface area (Å²) in [6, 6.07) is 4.62. The first kappa shape index (κ1) is 16.8. The summed E-state index contributed by atoms with van der Waals surface area (Å²) in [5, 5.41) is 10.2. The van der Waals surface area contributed by atoms with E-state index in [4.69, 9.17) is 23.2 Å². The lowest BCUT2D eigenvalue weighted by Gasteiger charge is -2.20. The number of hydrogen-bond donors (Lipinski definition) is 2. The fraction of sp³-hybridized carbons (Fsp3) is 0.0588. The molecule has 2 aromatic rings. The molecule has 1 aromatic carbocycles. The van der Waals surface area contributed by atoms with Crippen molar-refractivity contribution in [2.24, 2.45) is 0 Å². The van der Waals surface area contributed by atoms with E-state index in [-0.39, 0.29) is 22.1 Å². The summed E-state index contributed by atoms with van der Waals surface area (Å²) >= 11 is 11.9. The Bertz CT molecular complexity index is 1020. The van der Waals surface area contributed by atoms with Gasteiger partial charge in [0, 0.05) is 10.7 Å². The van der Waals surface area contributed by atoms with Gasteiger partial charge in [-0.05, 0) is 29.8 Å². The van der Waals surface area contributed by atoms with Crippen molar-refractivity contribution in [3.63, 3.8) is 0 Å². The molecule has 0 spiro atoms. The minimum Gasteiger partial charge on any atom is -0.339 e. The van der Waals surface area contributed by atoms with E-state index < -0.39 is 12.3 Å². The lowest BCUT2D eigenvalue weighted by molar-refractivity contribution is 0.102. The number of amides is 1. The van der Waals surface area contributed by atoms with E-state index in [1.807, 2.05) is 0 Å². The highest BCUT2D eigenvalue weighted by molar-refractivity contribution is 6.36. The maximum absolute atomic E-state index is 13.4. The first-order chi connectivity index (χ1) is 12.4. The highest BCUT2D eigenvalue weighted by Gasteiger charge is 2.29. The van der Waals surface area contributed by atoms with Crippen molar-refractivity contribution in [2.45, 2.75) is 6.43 Å². The predicted molar refractivity (Wildman–Crippen MR) is 96.7 cm³/mol. The topological polar surface area (TPSA) is 59.0 Å². The number of carbonyl (C=O) groups is 1. The number of rotatable bonds is 3. The van der Waals surface area contributed by atoms with Crippen LogP contribution in [0.25, 0.3) is 5.70 Å². The van der Waals surface area contributed by atoms with Gasteiger partial charge in [0.25, 0.3) is 12.3 Å². The molecule has 2 aliphatic rings. The van der Waals surface area contributed by atoms with Gasteiger partial charge in [-0.25, -0.2) is 13.5 Å². The smallest absolute Gasteiger partial charge is 0.280 e. The van der Waals surface area contributed by atoms with Gasteiger partial charge in [0.15, 0.2) is 0 Å². The van der Waals surface area contributed by atoms with Crippen LogP contribution in [-0.4, -0.2) is 22.1 Å². The summed E-state index contributed by atoms with van der Waals surface area (Å²) in [7, 11) is 0. The molecule has 0 saturated heterocycles. The molecule has 1 aliphatic heterocycles. The first-order valence-electron chi connectivity index (χ1n) is 7.48. The van der Waals surface area contributed by atoms with E-state index >= 15 is 0 Å². The number of halogens is 4. The molecule has 0 saturated carbocycles. The number of nitrogens with zero attached hydrogens (tertiary/aromatic N) is 2. The maximum Gasteiger partial charge on any atom is 0.280 e. The molecule has 9 heteroatoms. The van der Waals surface area contributed by atoms with Gasteiger partial charge in [-0.1, -0.05) is 35.4 Å².